The van der Waals surface area contributed by atoms with Crippen LogP contribution in [0.5, 0.6) is 11.5 Å². The molecule has 0 bridgehead atoms. The van der Waals surface area contributed by atoms with Gasteiger partial charge in [-0.15, -0.1) is 0 Å². The Hall–Kier alpha value is -3.33. The molecular formula is C26H34N4O5. The number of hydrazone groups is 1. The number of carbonyl (C=O) groups excluding carboxylic acids is 2. The van der Waals surface area contributed by atoms with Crippen LogP contribution in [0.4, 0.5) is 0 Å². The third-order valence-electron chi connectivity index (χ3n) is 6.86. The van der Waals surface area contributed by atoms with E-state index in [1.807, 2.05) is 48.1 Å². The fourth-order valence-electron chi connectivity index (χ4n) is 4.62. The van der Waals surface area contributed by atoms with Crippen LogP contribution >= 0.6 is 0 Å². The molecule has 0 N–H and O–H groups in total. The Morgan fingerprint density at radius 3 is 2.54 bits per heavy atom. The molecule has 0 radical (unpaired) electrons. The standard InChI is InChI=1S/C26H34N4O5/c1-28-12-6-9-22(28)21-16-23(20-15-19(34-3)10-11-24(20)35-4)30(27-21)25(31)17-29(13-14-33-2)26(32)18-7-5-8-18/h6,9-12,15,18,23H,5,7-8,13-14,16-17H2,1-4H3/t23-/m0/s1. The monoisotopic (exact) mass is 482 g/mol. The van der Waals surface area contributed by atoms with Gasteiger partial charge in [0, 0.05) is 44.8 Å². The minimum atomic E-state index is -0.388. The molecule has 1 aromatic heterocycles. The number of carbonyl (C=O) groups is 2. The number of hydrogen-bond donors (Lipinski definition) is 0. The Kier molecular flexibility index (Phi) is 7.75. The highest BCUT2D eigenvalue weighted by atomic mass is 16.5. The number of methoxy groups -OCH3 is 3. The lowest BCUT2D eigenvalue weighted by Gasteiger charge is -2.32. The van der Waals surface area contributed by atoms with Crippen molar-refractivity contribution in [2.45, 2.75) is 31.7 Å². The van der Waals surface area contributed by atoms with Crippen molar-refractivity contribution >= 4 is 17.5 Å². The Morgan fingerprint density at radius 1 is 1.14 bits per heavy atom. The Labute approximate surface area is 206 Å². The molecule has 2 aliphatic rings. The Balaban J connectivity index is 1.66. The zero-order valence-corrected chi connectivity index (χ0v) is 20.9. The van der Waals surface area contributed by atoms with Crippen molar-refractivity contribution in [1.82, 2.24) is 14.5 Å². The summed E-state index contributed by atoms with van der Waals surface area (Å²) < 4.78 is 18.3. The number of nitrogens with zero attached hydrogens (tertiary/aromatic N) is 4. The number of rotatable bonds is 10. The van der Waals surface area contributed by atoms with Gasteiger partial charge < -0.3 is 23.7 Å². The largest absolute Gasteiger partial charge is 0.497 e. The van der Waals surface area contributed by atoms with E-state index < -0.39 is 0 Å². The third-order valence-corrected chi connectivity index (χ3v) is 6.86. The van der Waals surface area contributed by atoms with Gasteiger partial charge in [-0.2, -0.15) is 5.10 Å². The van der Waals surface area contributed by atoms with Crippen molar-refractivity contribution in [3.05, 3.63) is 47.8 Å². The molecule has 2 heterocycles. The molecule has 1 saturated carbocycles. The Morgan fingerprint density at radius 2 is 1.94 bits per heavy atom. The van der Waals surface area contributed by atoms with Crippen LogP contribution in [0.2, 0.25) is 0 Å². The van der Waals surface area contributed by atoms with Crippen LogP contribution in [0.25, 0.3) is 0 Å². The molecule has 0 spiro atoms. The molecule has 1 aliphatic heterocycles. The van der Waals surface area contributed by atoms with Crippen LogP contribution in [0.15, 0.2) is 41.6 Å². The molecule has 9 nitrogen and oxygen atoms in total. The lowest BCUT2D eigenvalue weighted by Crippen LogP contribution is -2.46. The molecule has 188 valence electrons. The fraction of sp³-hybridized carbons (Fsp3) is 0.500. The van der Waals surface area contributed by atoms with E-state index in [-0.39, 0.29) is 30.3 Å². The van der Waals surface area contributed by atoms with Crippen LogP contribution < -0.4 is 9.47 Å². The van der Waals surface area contributed by atoms with Gasteiger partial charge in [0.15, 0.2) is 0 Å². The van der Waals surface area contributed by atoms with Crippen LogP contribution in [0, 0.1) is 5.92 Å². The molecule has 9 heteroatoms. The topological polar surface area (TPSA) is 85.6 Å². The number of ether oxygens (including phenoxy) is 3. The second-order valence-electron chi connectivity index (χ2n) is 9.00. The van der Waals surface area contributed by atoms with Crippen LogP contribution in [0.1, 0.15) is 43.0 Å². The highest BCUT2D eigenvalue weighted by molar-refractivity contribution is 6.02. The van der Waals surface area contributed by atoms with E-state index in [1.165, 1.54) is 5.01 Å². The zero-order valence-electron chi connectivity index (χ0n) is 20.9. The molecule has 4 rings (SSSR count). The molecule has 0 unspecified atom stereocenters. The summed E-state index contributed by atoms with van der Waals surface area (Å²) in [5.41, 5.74) is 2.55. The minimum Gasteiger partial charge on any atom is -0.497 e. The van der Waals surface area contributed by atoms with Crippen LogP contribution in [0.3, 0.4) is 0 Å². The van der Waals surface area contributed by atoms with Gasteiger partial charge in [0.05, 0.1) is 38.3 Å². The van der Waals surface area contributed by atoms with E-state index in [9.17, 15) is 9.59 Å². The van der Waals surface area contributed by atoms with Crippen LogP contribution in [-0.4, -0.2) is 73.0 Å². The predicted octanol–water partition coefficient (Wildman–Crippen LogP) is 3.00. The van der Waals surface area contributed by atoms with Gasteiger partial charge >= 0.3 is 0 Å². The van der Waals surface area contributed by atoms with Gasteiger partial charge in [0.25, 0.3) is 5.91 Å². The first-order chi connectivity index (χ1) is 17.0. The first-order valence-electron chi connectivity index (χ1n) is 12.0. The number of benzene rings is 1. The summed E-state index contributed by atoms with van der Waals surface area (Å²) in [5.74, 6) is 1.09. The maximum absolute atomic E-state index is 13.7. The molecule has 1 atom stereocenters. The SMILES string of the molecule is COCCN(CC(=O)N1N=C(c2cccn2C)C[C@H]1c1cc(OC)ccc1OC)C(=O)C1CCC1. The first-order valence-corrected chi connectivity index (χ1v) is 12.0. The van der Waals surface area contributed by atoms with Gasteiger partial charge in [0.1, 0.15) is 18.0 Å². The minimum absolute atomic E-state index is 0.00468. The van der Waals surface area contributed by atoms with Gasteiger partial charge in [-0.05, 0) is 43.2 Å². The summed E-state index contributed by atoms with van der Waals surface area (Å²) in [6.07, 6.45) is 5.27. The second-order valence-corrected chi connectivity index (χ2v) is 9.00. The molecule has 1 aromatic carbocycles. The highest BCUT2D eigenvalue weighted by Gasteiger charge is 2.38. The van der Waals surface area contributed by atoms with Crippen molar-refractivity contribution in [2.24, 2.45) is 18.1 Å². The summed E-state index contributed by atoms with van der Waals surface area (Å²) >= 11 is 0. The molecular weight excluding hydrogens is 448 g/mol. The van der Waals surface area contributed by atoms with E-state index >= 15 is 0 Å². The quantitative estimate of drug-likeness (QED) is 0.520. The molecule has 1 fully saturated rings. The second kappa shape index (κ2) is 10.9. The van der Waals surface area contributed by atoms with Crippen molar-refractivity contribution in [1.29, 1.82) is 0 Å². The van der Waals surface area contributed by atoms with E-state index in [4.69, 9.17) is 19.3 Å². The summed E-state index contributed by atoms with van der Waals surface area (Å²) in [6, 6.07) is 9.09. The molecule has 0 saturated heterocycles. The predicted molar refractivity (Wildman–Crippen MR) is 131 cm³/mol. The summed E-state index contributed by atoms with van der Waals surface area (Å²) in [5, 5.41) is 6.27. The summed E-state index contributed by atoms with van der Waals surface area (Å²) in [6.45, 7) is 0.690. The lowest BCUT2D eigenvalue weighted by atomic mass is 9.84. The zero-order chi connectivity index (χ0) is 24.9. The molecule has 1 aliphatic carbocycles. The van der Waals surface area contributed by atoms with Gasteiger partial charge in [-0.25, -0.2) is 5.01 Å². The van der Waals surface area contributed by atoms with Crippen molar-refractivity contribution in [3.63, 3.8) is 0 Å². The Bertz CT molecular complexity index is 1090. The summed E-state index contributed by atoms with van der Waals surface area (Å²) in [7, 11) is 6.76. The van der Waals surface area contributed by atoms with Gasteiger partial charge in [-0.1, -0.05) is 6.42 Å². The molecule has 2 amide bonds. The lowest BCUT2D eigenvalue weighted by molar-refractivity contribution is -0.146. The average molecular weight is 483 g/mol. The number of aryl methyl sites for hydroxylation is 1. The molecule has 35 heavy (non-hydrogen) atoms. The maximum atomic E-state index is 13.7. The van der Waals surface area contributed by atoms with Crippen molar-refractivity contribution in [2.75, 3.05) is 41.0 Å². The number of amides is 2. The smallest absolute Gasteiger partial charge is 0.262 e. The van der Waals surface area contributed by atoms with E-state index in [1.54, 1.807) is 26.2 Å². The third kappa shape index (κ3) is 5.19. The van der Waals surface area contributed by atoms with Crippen molar-refractivity contribution < 1.29 is 23.8 Å². The van der Waals surface area contributed by atoms with E-state index in [0.717, 1.165) is 36.2 Å². The summed E-state index contributed by atoms with van der Waals surface area (Å²) in [4.78, 5) is 28.3. The molecule has 2 aromatic rings. The maximum Gasteiger partial charge on any atom is 0.262 e. The van der Waals surface area contributed by atoms with Crippen LogP contribution in [-0.2, 0) is 21.4 Å². The van der Waals surface area contributed by atoms with Gasteiger partial charge in [0.2, 0.25) is 5.91 Å². The first kappa shape index (κ1) is 24.8. The van der Waals surface area contributed by atoms with E-state index in [2.05, 4.69) is 0 Å². The fourth-order valence-corrected chi connectivity index (χ4v) is 4.62. The van der Waals surface area contributed by atoms with E-state index in [0.29, 0.717) is 31.1 Å². The number of aromatic nitrogens is 1. The number of hydrogen-bond acceptors (Lipinski definition) is 6. The average Bonchev–Trinajstić information content (AvgIpc) is 3.46. The normalized spacial score (nSPS) is 17.7. The van der Waals surface area contributed by atoms with Crippen molar-refractivity contribution in [3.8, 4) is 11.5 Å². The highest BCUT2D eigenvalue weighted by Crippen LogP contribution is 2.39. The van der Waals surface area contributed by atoms with Gasteiger partial charge in [-0.3, -0.25) is 9.59 Å².